The molecule has 0 aliphatic rings. The Morgan fingerprint density at radius 3 is 3.20 bits per heavy atom. The predicted octanol–water partition coefficient (Wildman–Crippen LogP) is 2.84. The van der Waals surface area contributed by atoms with Crippen LogP contribution in [0, 0.1) is 0 Å². The SMILES string of the molecule is C=CCNC(=O)CS[C@@H](C)c1cccs1. The van der Waals surface area contributed by atoms with Gasteiger partial charge in [0, 0.05) is 16.7 Å². The minimum atomic E-state index is 0.0725. The third kappa shape index (κ3) is 4.53. The standard InChI is InChI=1S/C11H15NOS2/c1-3-6-12-11(13)8-15-9(2)10-5-4-7-14-10/h3-5,7,9H,1,6,8H2,2H3,(H,12,13)/t9-/m0/s1. The zero-order valence-electron chi connectivity index (χ0n) is 8.73. The number of thiophene rings is 1. The highest BCUT2D eigenvalue weighted by atomic mass is 32.2. The summed E-state index contributed by atoms with van der Waals surface area (Å²) in [6.45, 7) is 6.22. The molecule has 0 fully saturated rings. The molecule has 1 aromatic heterocycles. The van der Waals surface area contributed by atoms with E-state index in [0.717, 1.165) is 0 Å². The summed E-state index contributed by atoms with van der Waals surface area (Å²) in [6.07, 6.45) is 1.69. The van der Waals surface area contributed by atoms with E-state index in [1.54, 1.807) is 29.2 Å². The lowest BCUT2D eigenvalue weighted by Gasteiger charge is -2.08. The Morgan fingerprint density at radius 1 is 1.80 bits per heavy atom. The molecule has 0 bridgehead atoms. The van der Waals surface area contributed by atoms with Gasteiger partial charge in [-0.2, -0.15) is 0 Å². The van der Waals surface area contributed by atoms with Crippen LogP contribution in [-0.2, 0) is 4.79 Å². The fraction of sp³-hybridized carbons (Fsp3) is 0.364. The number of thioether (sulfide) groups is 1. The second kappa shape index (κ2) is 6.69. The first-order valence-corrected chi connectivity index (χ1v) is 6.69. The molecule has 0 saturated heterocycles. The smallest absolute Gasteiger partial charge is 0.230 e. The minimum absolute atomic E-state index is 0.0725. The van der Waals surface area contributed by atoms with Crippen molar-refractivity contribution < 1.29 is 4.79 Å². The number of amides is 1. The van der Waals surface area contributed by atoms with Crippen molar-refractivity contribution in [2.24, 2.45) is 0 Å². The molecule has 0 aliphatic carbocycles. The van der Waals surface area contributed by atoms with Crippen LogP contribution in [0.5, 0.6) is 0 Å². The van der Waals surface area contributed by atoms with Gasteiger partial charge >= 0.3 is 0 Å². The maximum atomic E-state index is 11.3. The lowest BCUT2D eigenvalue weighted by atomic mass is 10.4. The Kier molecular flexibility index (Phi) is 5.50. The summed E-state index contributed by atoms with van der Waals surface area (Å²) in [5.74, 6) is 0.579. The molecule has 0 aromatic carbocycles. The minimum Gasteiger partial charge on any atom is -0.352 e. The zero-order chi connectivity index (χ0) is 11.1. The van der Waals surface area contributed by atoms with E-state index >= 15 is 0 Å². The number of carbonyl (C=O) groups is 1. The molecule has 1 heterocycles. The Morgan fingerprint density at radius 2 is 2.60 bits per heavy atom. The molecule has 0 radical (unpaired) electrons. The van der Waals surface area contributed by atoms with Crippen molar-refractivity contribution >= 4 is 29.0 Å². The van der Waals surface area contributed by atoms with Gasteiger partial charge in [-0.3, -0.25) is 4.79 Å². The lowest BCUT2D eigenvalue weighted by molar-refractivity contribution is -0.118. The first-order valence-electron chi connectivity index (χ1n) is 4.76. The van der Waals surface area contributed by atoms with Crippen LogP contribution < -0.4 is 5.32 Å². The van der Waals surface area contributed by atoms with Crippen LogP contribution in [0.1, 0.15) is 17.1 Å². The zero-order valence-corrected chi connectivity index (χ0v) is 10.4. The third-order valence-electron chi connectivity index (χ3n) is 1.85. The molecule has 1 amide bonds. The summed E-state index contributed by atoms with van der Waals surface area (Å²) in [6, 6.07) is 4.14. The highest BCUT2D eigenvalue weighted by Crippen LogP contribution is 2.30. The molecule has 1 rings (SSSR count). The van der Waals surface area contributed by atoms with Crippen molar-refractivity contribution in [3.8, 4) is 0 Å². The molecule has 1 N–H and O–H groups in total. The second-order valence-corrected chi connectivity index (χ2v) is 5.37. The normalized spacial score (nSPS) is 12.1. The van der Waals surface area contributed by atoms with Crippen LogP contribution in [-0.4, -0.2) is 18.2 Å². The maximum absolute atomic E-state index is 11.3. The highest BCUT2D eigenvalue weighted by molar-refractivity contribution is 8.00. The van der Waals surface area contributed by atoms with Gasteiger partial charge in [-0.1, -0.05) is 12.1 Å². The van der Waals surface area contributed by atoms with Crippen LogP contribution in [0.3, 0.4) is 0 Å². The molecule has 0 aliphatic heterocycles. The summed E-state index contributed by atoms with van der Waals surface area (Å²) in [4.78, 5) is 12.6. The summed E-state index contributed by atoms with van der Waals surface area (Å²) in [7, 11) is 0. The number of carbonyl (C=O) groups excluding carboxylic acids is 1. The number of rotatable bonds is 6. The van der Waals surface area contributed by atoms with E-state index in [4.69, 9.17) is 0 Å². The van der Waals surface area contributed by atoms with E-state index in [9.17, 15) is 4.79 Å². The Balaban J connectivity index is 2.25. The van der Waals surface area contributed by atoms with Crippen molar-refractivity contribution in [3.63, 3.8) is 0 Å². The van der Waals surface area contributed by atoms with Gasteiger partial charge in [-0.25, -0.2) is 0 Å². The van der Waals surface area contributed by atoms with Crippen molar-refractivity contribution in [2.45, 2.75) is 12.2 Å². The van der Waals surface area contributed by atoms with Gasteiger partial charge in [-0.15, -0.1) is 29.7 Å². The number of hydrogen-bond acceptors (Lipinski definition) is 3. The largest absolute Gasteiger partial charge is 0.352 e. The topological polar surface area (TPSA) is 29.1 Å². The first-order chi connectivity index (χ1) is 7.24. The van der Waals surface area contributed by atoms with Gasteiger partial charge < -0.3 is 5.32 Å². The van der Waals surface area contributed by atoms with Gasteiger partial charge in [0.25, 0.3) is 0 Å². The van der Waals surface area contributed by atoms with Crippen molar-refractivity contribution in [1.29, 1.82) is 0 Å². The Hall–Kier alpha value is -0.740. The quantitative estimate of drug-likeness (QED) is 0.776. The van der Waals surface area contributed by atoms with E-state index < -0.39 is 0 Å². The molecule has 1 atom stereocenters. The molecular weight excluding hydrogens is 226 g/mol. The van der Waals surface area contributed by atoms with Crippen molar-refractivity contribution in [1.82, 2.24) is 5.32 Å². The Bertz CT molecular complexity index is 308. The highest BCUT2D eigenvalue weighted by Gasteiger charge is 2.09. The Labute approximate surface area is 98.8 Å². The molecule has 0 saturated carbocycles. The molecule has 15 heavy (non-hydrogen) atoms. The average Bonchev–Trinajstić information content (AvgIpc) is 2.76. The van der Waals surface area contributed by atoms with Crippen LogP contribution in [0.15, 0.2) is 30.2 Å². The van der Waals surface area contributed by atoms with Gasteiger partial charge in [0.2, 0.25) is 5.91 Å². The fourth-order valence-electron chi connectivity index (χ4n) is 1.04. The number of hydrogen-bond donors (Lipinski definition) is 1. The van der Waals surface area contributed by atoms with Gasteiger partial charge in [0.05, 0.1) is 5.75 Å². The predicted molar refractivity (Wildman–Crippen MR) is 68.4 cm³/mol. The summed E-state index contributed by atoms with van der Waals surface area (Å²) in [5.41, 5.74) is 0. The fourth-order valence-corrected chi connectivity index (χ4v) is 2.82. The third-order valence-corrected chi connectivity index (χ3v) is 4.24. The van der Waals surface area contributed by atoms with Gasteiger partial charge in [0.15, 0.2) is 0 Å². The van der Waals surface area contributed by atoms with Gasteiger partial charge in [-0.05, 0) is 18.4 Å². The van der Waals surface area contributed by atoms with E-state index in [0.29, 0.717) is 17.5 Å². The number of nitrogens with one attached hydrogen (secondary N) is 1. The van der Waals surface area contributed by atoms with E-state index in [-0.39, 0.29) is 5.91 Å². The molecular formula is C11H15NOS2. The van der Waals surface area contributed by atoms with Crippen molar-refractivity contribution in [2.75, 3.05) is 12.3 Å². The second-order valence-electron chi connectivity index (χ2n) is 3.06. The first kappa shape index (κ1) is 12.3. The molecule has 0 spiro atoms. The molecule has 0 unspecified atom stereocenters. The van der Waals surface area contributed by atoms with E-state index in [1.165, 1.54) is 4.88 Å². The van der Waals surface area contributed by atoms with Gasteiger partial charge in [0.1, 0.15) is 0 Å². The average molecular weight is 241 g/mol. The molecule has 4 heteroatoms. The molecule has 1 aromatic rings. The summed E-state index contributed by atoms with van der Waals surface area (Å²) >= 11 is 3.39. The van der Waals surface area contributed by atoms with Crippen LogP contribution >= 0.6 is 23.1 Å². The van der Waals surface area contributed by atoms with Crippen molar-refractivity contribution in [3.05, 3.63) is 35.0 Å². The van der Waals surface area contributed by atoms with Crippen LogP contribution in [0.4, 0.5) is 0 Å². The molecule has 2 nitrogen and oxygen atoms in total. The van der Waals surface area contributed by atoms with E-state index in [2.05, 4.69) is 30.3 Å². The lowest BCUT2D eigenvalue weighted by Crippen LogP contribution is -2.25. The monoisotopic (exact) mass is 241 g/mol. The van der Waals surface area contributed by atoms with Crippen LogP contribution in [0.25, 0.3) is 0 Å². The maximum Gasteiger partial charge on any atom is 0.230 e. The summed E-state index contributed by atoms with van der Waals surface area (Å²) in [5, 5.41) is 5.21. The molecule has 82 valence electrons. The summed E-state index contributed by atoms with van der Waals surface area (Å²) < 4.78 is 0. The van der Waals surface area contributed by atoms with Crippen LogP contribution in [0.2, 0.25) is 0 Å². The van der Waals surface area contributed by atoms with E-state index in [1.807, 2.05) is 6.07 Å².